The zero-order chi connectivity index (χ0) is 20.4. The molecule has 28 heavy (non-hydrogen) atoms. The van der Waals surface area contributed by atoms with Crippen molar-refractivity contribution >= 4 is 23.4 Å². The minimum absolute atomic E-state index is 0.0488. The number of methoxy groups -OCH3 is 1. The molecule has 3 amide bonds. The van der Waals surface area contributed by atoms with Crippen LogP contribution in [0.4, 0.5) is 5.69 Å². The highest BCUT2D eigenvalue weighted by Crippen LogP contribution is 2.11. The van der Waals surface area contributed by atoms with Crippen LogP contribution in [-0.2, 0) is 4.79 Å². The summed E-state index contributed by atoms with van der Waals surface area (Å²) >= 11 is 0. The number of benzene rings is 2. The Bertz CT molecular complexity index is 801. The first-order valence-corrected chi connectivity index (χ1v) is 9.14. The molecule has 2 aromatic carbocycles. The van der Waals surface area contributed by atoms with Crippen LogP contribution in [0.5, 0.6) is 5.75 Å². The van der Waals surface area contributed by atoms with Crippen molar-refractivity contribution in [1.29, 1.82) is 0 Å². The number of amides is 3. The number of hydrogen-bond donors (Lipinski definition) is 3. The second-order valence-corrected chi connectivity index (χ2v) is 6.12. The molecule has 0 saturated carbocycles. The molecule has 0 radical (unpaired) electrons. The number of carbonyl (C=O) groups excluding carboxylic acids is 3. The third-order valence-electron chi connectivity index (χ3n) is 3.96. The standard InChI is InChI=1S/C21H25N3O4/c1-3-4-19(25)24-17-9-5-15(6-10-17)20(26)22-13-14-23-21(27)16-7-11-18(28-2)12-8-16/h5-12H,3-4,13-14H2,1-2H3,(H,22,26)(H,23,27)(H,24,25). The lowest BCUT2D eigenvalue weighted by atomic mass is 10.2. The van der Waals surface area contributed by atoms with Crippen molar-refractivity contribution < 1.29 is 19.1 Å². The molecule has 0 heterocycles. The summed E-state index contributed by atoms with van der Waals surface area (Å²) in [6.07, 6.45) is 1.24. The lowest BCUT2D eigenvalue weighted by Gasteiger charge is -2.09. The van der Waals surface area contributed by atoms with Crippen molar-refractivity contribution in [2.24, 2.45) is 0 Å². The summed E-state index contributed by atoms with van der Waals surface area (Å²) in [5.41, 5.74) is 1.66. The van der Waals surface area contributed by atoms with Gasteiger partial charge >= 0.3 is 0 Å². The van der Waals surface area contributed by atoms with E-state index in [0.29, 0.717) is 42.1 Å². The molecular formula is C21H25N3O4. The summed E-state index contributed by atoms with van der Waals surface area (Å²) in [5, 5.41) is 8.26. The van der Waals surface area contributed by atoms with Gasteiger partial charge in [0.05, 0.1) is 7.11 Å². The quantitative estimate of drug-likeness (QED) is 0.580. The Labute approximate surface area is 164 Å². The van der Waals surface area contributed by atoms with Gasteiger partial charge in [-0.25, -0.2) is 0 Å². The zero-order valence-corrected chi connectivity index (χ0v) is 16.1. The molecule has 0 saturated heterocycles. The molecule has 0 aromatic heterocycles. The molecule has 0 unspecified atom stereocenters. The normalized spacial score (nSPS) is 10.1. The van der Waals surface area contributed by atoms with Crippen LogP contribution < -0.4 is 20.7 Å². The van der Waals surface area contributed by atoms with E-state index in [1.807, 2.05) is 6.92 Å². The summed E-state index contributed by atoms with van der Waals surface area (Å²) in [6, 6.07) is 13.4. The fourth-order valence-corrected chi connectivity index (χ4v) is 2.45. The molecule has 2 aromatic rings. The van der Waals surface area contributed by atoms with E-state index >= 15 is 0 Å². The molecule has 148 valence electrons. The molecule has 0 aliphatic carbocycles. The van der Waals surface area contributed by atoms with E-state index < -0.39 is 0 Å². The van der Waals surface area contributed by atoms with Gasteiger partial charge in [0.1, 0.15) is 5.75 Å². The first-order valence-electron chi connectivity index (χ1n) is 9.14. The Kier molecular flexibility index (Phi) is 8.02. The number of nitrogens with one attached hydrogen (secondary N) is 3. The van der Waals surface area contributed by atoms with Gasteiger partial charge in [-0.2, -0.15) is 0 Å². The molecule has 0 spiro atoms. The van der Waals surface area contributed by atoms with Crippen molar-refractivity contribution in [2.45, 2.75) is 19.8 Å². The highest BCUT2D eigenvalue weighted by molar-refractivity contribution is 5.96. The second-order valence-electron chi connectivity index (χ2n) is 6.12. The molecule has 0 atom stereocenters. The predicted molar refractivity (Wildman–Crippen MR) is 108 cm³/mol. The van der Waals surface area contributed by atoms with E-state index in [1.165, 1.54) is 0 Å². The van der Waals surface area contributed by atoms with Crippen molar-refractivity contribution in [2.75, 3.05) is 25.5 Å². The van der Waals surface area contributed by atoms with Crippen LogP contribution in [0, 0.1) is 0 Å². The van der Waals surface area contributed by atoms with Crippen molar-refractivity contribution in [1.82, 2.24) is 10.6 Å². The lowest BCUT2D eigenvalue weighted by molar-refractivity contribution is -0.116. The van der Waals surface area contributed by atoms with Gasteiger partial charge in [-0.15, -0.1) is 0 Å². The molecule has 3 N–H and O–H groups in total. The summed E-state index contributed by atoms with van der Waals surface area (Å²) in [6.45, 7) is 2.55. The van der Waals surface area contributed by atoms with Crippen molar-refractivity contribution in [3.8, 4) is 5.75 Å². The average molecular weight is 383 g/mol. The van der Waals surface area contributed by atoms with Gasteiger partial charge in [0, 0.05) is 36.3 Å². The maximum absolute atomic E-state index is 12.1. The average Bonchev–Trinajstić information content (AvgIpc) is 2.71. The summed E-state index contributed by atoms with van der Waals surface area (Å²) < 4.78 is 5.05. The maximum atomic E-state index is 12.1. The molecule has 2 rings (SSSR count). The molecular weight excluding hydrogens is 358 g/mol. The van der Waals surface area contributed by atoms with Gasteiger partial charge in [0.15, 0.2) is 0 Å². The minimum atomic E-state index is -0.245. The fraction of sp³-hybridized carbons (Fsp3) is 0.286. The van der Waals surface area contributed by atoms with E-state index in [0.717, 1.165) is 6.42 Å². The largest absolute Gasteiger partial charge is 0.497 e. The van der Waals surface area contributed by atoms with Crippen LogP contribution in [0.15, 0.2) is 48.5 Å². The van der Waals surface area contributed by atoms with Crippen molar-refractivity contribution in [3.05, 3.63) is 59.7 Å². The molecule has 0 bridgehead atoms. The number of rotatable bonds is 9. The highest BCUT2D eigenvalue weighted by atomic mass is 16.5. The summed E-state index contributed by atoms with van der Waals surface area (Å²) in [4.78, 5) is 35.7. The van der Waals surface area contributed by atoms with E-state index in [9.17, 15) is 14.4 Å². The number of ether oxygens (including phenoxy) is 1. The molecule has 7 nitrogen and oxygen atoms in total. The van der Waals surface area contributed by atoms with E-state index in [1.54, 1.807) is 55.6 Å². The lowest BCUT2D eigenvalue weighted by Crippen LogP contribution is -2.34. The molecule has 0 aliphatic rings. The molecule has 0 fully saturated rings. The van der Waals surface area contributed by atoms with Crippen LogP contribution in [0.2, 0.25) is 0 Å². The number of carbonyl (C=O) groups is 3. The number of hydrogen-bond acceptors (Lipinski definition) is 4. The van der Waals surface area contributed by atoms with Crippen LogP contribution in [0.3, 0.4) is 0 Å². The third kappa shape index (κ3) is 6.42. The van der Waals surface area contributed by atoms with Crippen LogP contribution in [0.25, 0.3) is 0 Å². The first kappa shape index (κ1) is 21.0. The van der Waals surface area contributed by atoms with Crippen LogP contribution in [-0.4, -0.2) is 37.9 Å². The van der Waals surface area contributed by atoms with Gasteiger partial charge < -0.3 is 20.7 Å². The van der Waals surface area contributed by atoms with Gasteiger partial charge in [0.25, 0.3) is 11.8 Å². The SMILES string of the molecule is CCCC(=O)Nc1ccc(C(=O)NCCNC(=O)c2ccc(OC)cc2)cc1. The Balaban J connectivity index is 1.74. The van der Waals surface area contributed by atoms with Gasteiger partial charge in [-0.3, -0.25) is 14.4 Å². The first-order chi connectivity index (χ1) is 13.5. The van der Waals surface area contributed by atoms with Crippen LogP contribution in [0.1, 0.15) is 40.5 Å². The second kappa shape index (κ2) is 10.7. The van der Waals surface area contributed by atoms with E-state index in [4.69, 9.17) is 4.74 Å². The van der Waals surface area contributed by atoms with Crippen LogP contribution >= 0.6 is 0 Å². The topological polar surface area (TPSA) is 96.5 Å². The maximum Gasteiger partial charge on any atom is 0.251 e. The number of anilines is 1. The molecule has 7 heteroatoms. The van der Waals surface area contributed by atoms with E-state index in [-0.39, 0.29) is 17.7 Å². The minimum Gasteiger partial charge on any atom is -0.497 e. The Morgan fingerprint density at radius 2 is 1.32 bits per heavy atom. The van der Waals surface area contributed by atoms with Gasteiger partial charge in [0.2, 0.25) is 5.91 Å². The third-order valence-corrected chi connectivity index (χ3v) is 3.96. The smallest absolute Gasteiger partial charge is 0.251 e. The summed E-state index contributed by atoms with van der Waals surface area (Å²) in [7, 11) is 1.56. The Morgan fingerprint density at radius 3 is 1.79 bits per heavy atom. The van der Waals surface area contributed by atoms with E-state index in [2.05, 4.69) is 16.0 Å². The Hall–Kier alpha value is -3.35. The fourth-order valence-electron chi connectivity index (χ4n) is 2.45. The highest BCUT2D eigenvalue weighted by Gasteiger charge is 2.08. The molecule has 0 aliphatic heterocycles. The van der Waals surface area contributed by atoms with Crippen molar-refractivity contribution in [3.63, 3.8) is 0 Å². The Morgan fingerprint density at radius 1 is 0.821 bits per heavy atom. The monoisotopic (exact) mass is 383 g/mol. The van der Waals surface area contributed by atoms with Gasteiger partial charge in [-0.05, 0) is 55.0 Å². The predicted octanol–water partition coefficient (Wildman–Crippen LogP) is 2.59. The van der Waals surface area contributed by atoms with Gasteiger partial charge in [-0.1, -0.05) is 6.92 Å². The zero-order valence-electron chi connectivity index (χ0n) is 16.1. The summed E-state index contributed by atoms with van der Waals surface area (Å²) in [5.74, 6) is 0.168.